The van der Waals surface area contributed by atoms with Gasteiger partial charge in [-0.2, -0.15) is 0 Å². The Morgan fingerprint density at radius 3 is 2.76 bits per heavy atom. The second-order valence-corrected chi connectivity index (χ2v) is 8.12. The zero-order valence-corrected chi connectivity index (χ0v) is 18.3. The third-order valence-corrected chi connectivity index (χ3v) is 5.37. The Bertz CT molecular complexity index is 1010. The molecule has 9 heteroatoms. The number of benzene rings is 2. The van der Waals surface area contributed by atoms with Crippen LogP contribution in [0.15, 0.2) is 51.8 Å². The highest BCUT2D eigenvalue weighted by molar-refractivity contribution is 9.10. The molecule has 2 aromatic rings. The molecule has 3 rings (SSSR count). The fourth-order valence-electron chi connectivity index (χ4n) is 2.55. The molecule has 1 heterocycles. The lowest BCUT2D eigenvalue weighted by atomic mass is 10.2. The van der Waals surface area contributed by atoms with Crippen molar-refractivity contribution < 1.29 is 23.9 Å². The summed E-state index contributed by atoms with van der Waals surface area (Å²) < 4.78 is 11.1. The highest BCUT2D eigenvalue weighted by atomic mass is 79.9. The van der Waals surface area contributed by atoms with Gasteiger partial charge in [0.05, 0.1) is 17.2 Å². The highest BCUT2D eigenvalue weighted by Gasteiger charge is 2.36. The molecule has 1 aliphatic rings. The minimum atomic E-state index is -0.498. The predicted molar refractivity (Wildman–Crippen MR) is 116 cm³/mol. The molecule has 0 atom stereocenters. The van der Waals surface area contributed by atoms with E-state index in [2.05, 4.69) is 15.9 Å². The number of esters is 1. The molecule has 0 bridgehead atoms. The molecule has 150 valence electrons. The molecule has 0 aliphatic carbocycles. The van der Waals surface area contributed by atoms with Crippen LogP contribution in [0.2, 0.25) is 5.02 Å². The van der Waals surface area contributed by atoms with Gasteiger partial charge in [-0.3, -0.25) is 9.59 Å². The molecule has 0 radical (unpaired) electrons. The molecular formula is C20H15BrClNO5S. The number of carbonyl (C=O) groups is 3. The molecule has 2 amide bonds. The summed E-state index contributed by atoms with van der Waals surface area (Å²) in [5, 5.41) is -0.000299. The Balaban J connectivity index is 1.88. The standard InChI is InChI=1S/C20H15BrClNO5S/c1-2-27-18(24)11-28-16-7-6-13(21)8-12(16)9-17-19(25)23(20(26)29-17)15-5-3-4-14(22)10-15/h3-10H,2,11H2,1H3/b17-9+. The van der Waals surface area contributed by atoms with Gasteiger partial charge in [0.15, 0.2) is 6.61 Å². The number of amides is 2. The Labute approximate surface area is 184 Å². The molecule has 0 aromatic heterocycles. The average Bonchev–Trinajstić information content (AvgIpc) is 2.94. The van der Waals surface area contributed by atoms with Crippen LogP contribution in [-0.2, 0) is 14.3 Å². The second kappa shape index (κ2) is 9.47. The maximum absolute atomic E-state index is 12.8. The van der Waals surface area contributed by atoms with E-state index < -0.39 is 17.1 Å². The number of halogens is 2. The molecule has 1 fully saturated rings. The molecule has 6 nitrogen and oxygen atoms in total. The predicted octanol–water partition coefficient (Wildman–Crippen LogP) is 5.29. The lowest BCUT2D eigenvalue weighted by molar-refractivity contribution is -0.145. The van der Waals surface area contributed by atoms with E-state index in [1.807, 2.05) is 0 Å². The minimum Gasteiger partial charge on any atom is -0.481 e. The van der Waals surface area contributed by atoms with E-state index in [0.717, 1.165) is 21.1 Å². The fraction of sp³-hybridized carbons (Fsp3) is 0.150. The zero-order chi connectivity index (χ0) is 21.0. The maximum atomic E-state index is 12.8. The summed E-state index contributed by atoms with van der Waals surface area (Å²) in [4.78, 5) is 38.1. The first-order valence-electron chi connectivity index (χ1n) is 8.50. The summed E-state index contributed by atoms with van der Waals surface area (Å²) in [6, 6.07) is 11.7. The van der Waals surface area contributed by atoms with E-state index in [1.165, 1.54) is 0 Å². The van der Waals surface area contributed by atoms with Gasteiger partial charge in [-0.25, -0.2) is 9.69 Å². The number of anilines is 1. The average molecular weight is 497 g/mol. The molecule has 0 spiro atoms. The van der Waals surface area contributed by atoms with Gasteiger partial charge >= 0.3 is 5.97 Å². The summed E-state index contributed by atoms with van der Waals surface area (Å²) in [6.07, 6.45) is 1.56. The number of hydrogen-bond acceptors (Lipinski definition) is 6. The quantitative estimate of drug-likeness (QED) is 0.400. The SMILES string of the molecule is CCOC(=O)COc1ccc(Br)cc1/C=C1/SC(=O)N(c2cccc(Cl)c2)C1=O. The van der Waals surface area contributed by atoms with Crippen molar-refractivity contribution in [3.05, 3.63) is 62.4 Å². The summed E-state index contributed by atoms with van der Waals surface area (Å²) >= 11 is 10.2. The number of nitrogens with zero attached hydrogens (tertiary/aromatic N) is 1. The van der Waals surface area contributed by atoms with Gasteiger partial charge in [0.2, 0.25) is 0 Å². The first kappa shape index (κ1) is 21.4. The normalized spacial score (nSPS) is 15.1. The first-order valence-corrected chi connectivity index (χ1v) is 10.5. The second-order valence-electron chi connectivity index (χ2n) is 5.77. The Hall–Kier alpha value is -2.29. The van der Waals surface area contributed by atoms with E-state index >= 15 is 0 Å². The topological polar surface area (TPSA) is 72.9 Å². The number of carbonyl (C=O) groups excluding carboxylic acids is 3. The first-order chi connectivity index (χ1) is 13.9. The summed E-state index contributed by atoms with van der Waals surface area (Å²) in [6.45, 7) is 1.70. The zero-order valence-electron chi connectivity index (χ0n) is 15.2. The monoisotopic (exact) mass is 495 g/mol. The number of hydrogen-bond donors (Lipinski definition) is 0. The van der Waals surface area contributed by atoms with Crippen molar-refractivity contribution in [2.75, 3.05) is 18.1 Å². The number of rotatable bonds is 6. The van der Waals surface area contributed by atoms with Crippen LogP contribution in [0.25, 0.3) is 6.08 Å². The molecule has 1 aliphatic heterocycles. The van der Waals surface area contributed by atoms with E-state index in [9.17, 15) is 14.4 Å². The molecule has 0 unspecified atom stereocenters. The lowest BCUT2D eigenvalue weighted by Crippen LogP contribution is -2.27. The van der Waals surface area contributed by atoms with Crippen molar-refractivity contribution in [2.24, 2.45) is 0 Å². The van der Waals surface area contributed by atoms with Gasteiger partial charge in [-0.05, 0) is 61.2 Å². The largest absolute Gasteiger partial charge is 0.481 e. The van der Waals surface area contributed by atoms with Crippen LogP contribution in [0.1, 0.15) is 12.5 Å². The van der Waals surface area contributed by atoms with Crippen molar-refractivity contribution in [1.82, 2.24) is 0 Å². The number of ether oxygens (including phenoxy) is 2. The van der Waals surface area contributed by atoms with Crippen molar-refractivity contribution in [1.29, 1.82) is 0 Å². The van der Waals surface area contributed by atoms with Crippen LogP contribution in [0.3, 0.4) is 0 Å². The molecule has 2 aromatic carbocycles. The van der Waals surface area contributed by atoms with Crippen LogP contribution >= 0.6 is 39.3 Å². The van der Waals surface area contributed by atoms with Crippen LogP contribution < -0.4 is 9.64 Å². The molecule has 0 saturated carbocycles. The smallest absolute Gasteiger partial charge is 0.344 e. The van der Waals surface area contributed by atoms with Gasteiger partial charge in [0, 0.05) is 15.1 Å². The molecular weight excluding hydrogens is 482 g/mol. The van der Waals surface area contributed by atoms with Crippen LogP contribution in [0.5, 0.6) is 5.75 Å². The van der Waals surface area contributed by atoms with Gasteiger partial charge in [-0.15, -0.1) is 0 Å². The third kappa shape index (κ3) is 5.20. The maximum Gasteiger partial charge on any atom is 0.344 e. The Kier molecular flexibility index (Phi) is 7.00. The van der Waals surface area contributed by atoms with Crippen molar-refractivity contribution >= 4 is 68.2 Å². The van der Waals surface area contributed by atoms with E-state index in [-0.39, 0.29) is 18.1 Å². The van der Waals surface area contributed by atoms with Gasteiger partial charge in [0.1, 0.15) is 5.75 Å². The fourth-order valence-corrected chi connectivity index (χ4v) is 3.95. The minimum absolute atomic E-state index is 0.231. The van der Waals surface area contributed by atoms with Crippen LogP contribution in [-0.4, -0.2) is 30.3 Å². The van der Waals surface area contributed by atoms with E-state index in [4.69, 9.17) is 21.1 Å². The van der Waals surface area contributed by atoms with Crippen LogP contribution in [0, 0.1) is 0 Å². The van der Waals surface area contributed by atoms with Crippen molar-refractivity contribution in [3.63, 3.8) is 0 Å². The number of imide groups is 1. The van der Waals surface area contributed by atoms with Crippen molar-refractivity contribution in [3.8, 4) is 5.75 Å². The summed E-state index contributed by atoms with van der Waals surface area (Å²) in [7, 11) is 0. The van der Waals surface area contributed by atoms with Crippen LogP contribution in [0.4, 0.5) is 10.5 Å². The summed E-state index contributed by atoms with van der Waals surface area (Å²) in [5.41, 5.74) is 0.941. The Morgan fingerprint density at radius 2 is 2.03 bits per heavy atom. The Morgan fingerprint density at radius 1 is 1.24 bits per heavy atom. The van der Waals surface area contributed by atoms with Gasteiger partial charge < -0.3 is 9.47 Å². The van der Waals surface area contributed by atoms with Gasteiger partial charge in [0.25, 0.3) is 11.1 Å². The van der Waals surface area contributed by atoms with E-state index in [1.54, 1.807) is 55.5 Å². The molecule has 1 saturated heterocycles. The van der Waals surface area contributed by atoms with E-state index in [0.29, 0.717) is 22.0 Å². The number of thioether (sulfide) groups is 1. The lowest BCUT2D eigenvalue weighted by Gasteiger charge is -2.12. The van der Waals surface area contributed by atoms with Crippen molar-refractivity contribution in [2.45, 2.75) is 6.92 Å². The molecule has 0 N–H and O–H groups in total. The highest BCUT2D eigenvalue weighted by Crippen LogP contribution is 2.38. The summed E-state index contributed by atoms with van der Waals surface area (Å²) in [5.74, 6) is -0.572. The molecule has 29 heavy (non-hydrogen) atoms. The third-order valence-electron chi connectivity index (χ3n) is 3.77. The van der Waals surface area contributed by atoms with Gasteiger partial charge in [-0.1, -0.05) is 33.6 Å².